The molecule has 0 amide bonds. The van der Waals surface area contributed by atoms with Crippen molar-refractivity contribution in [1.82, 2.24) is 9.38 Å². The number of para-hydroxylation sites is 1. The second kappa shape index (κ2) is 3.04. The predicted octanol–water partition coefficient (Wildman–Crippen LogP) is 2.41. The van der Waals surface area contributed by atoms with Gasteiger partial charge in [-0.3, -0.25) is 4.79 Å². The topological polar surface area (TPSA) is 34.4 Å². The number of imidazole rings is 1. The minimum absolute atomic E-state index is 0.133. The van der Waals surface area contributed by atoms with E-state index in [9.17, 15) is 4.79 Å². The molecule has 1 aromatic carbocycles. The fourth-order valence-corrected chi connectivity index (χ4v) is 2.15. The molecule has 0 aliphatic heterocycles. The number of aromatic nitrogens is 2. The molecule has 2 aromatic heterocycles. The van der Waals surface area contributed by atoms with Crippen LogP contribution in [0.15, 0.2) is 35.5 Å². The molecule has 0 N–H and O–H groups in total. The van der Waals surface area contributed by atoms with Crippen LogP contribution in [0.4, 0.5) is 0 Å². The van der Waals surface area contributed by atoms with Crippen molar-refractivity contribution in [3.05, 3.63) is 46.5 Å². The van der Waals surface area contributed by atoms with Crippen LogP contribution >= 0.6 is 0 Å². The molecule has 80 valence electrons. The zero-order valence-electron chi connectivity index (χ0n) is 9.27. The summed E-state index contributed by atoms with van der Waals surface area (Å²) >= 11 is 0. The Morgan fingerprint density at radius 2 is 2.12 bits per heavy atom. The fraction of sp³-hybridized carbons (Fsp3) is 0.231. The molecular weight excluding hydrogens is 200 g/mol. The lowest BCUT2D eigenvalue weighted by Crippen LogP contribution is -2.12. The van der Waals surface area contributed by atoms with E-state index in [0.29, 0.717) is 0 Å². The van der Waals surface area contributed by atoms with E-state index >= 15 is 0 Å². The van der Waals surface area contributed by atoms with Crippen molar-refractivity contribution in [2.75, 3.05) is 0 Å². The van der Waals surface area contributed by atoms with Crippen molar-refractivity contribution in [3.63, 3.8) is 0 Å². The molecule has 0 aliphatic rings. The summed E-state index contributed by atoms with van der Waals surface area (Å²) in [5, 5.41) is 0.765. The Morgan fingerprint density at radius 1 is 1.31 bits per heavy atom. The van der Waals surface area contributed by atoms with Gasteiger partial charge in [-0.15, -0.1) is 0 Å². The Balaban J connectivity index is 2.60. The van der Waals surface area contributed by atoms with E-state index in [1.165, 1.54) is 0 Å². The highest BCUT2D eigenvalue weighted by Crippen LogP contribution is 2.20. The van der Waals surface area contributed by atoms with Crippen molar-refractivity contribution in [1.29, 1.82) is 0 Å². The Hall–Kier alpha value is -1.90. The molecule has 0 saturated heterocycles. The van der Waals surface area contributed by atoms with E-state index in [1.54, 1.807) is 6.33 Å². The third-order valence-corrected chi connectivity index (χ3v) is 3.00. The van der Waals surface area contributed by atoms with Crippen molar-refractivity contribution >= 4 is 16.4 Å². The largest absolute Gasteiger partial charge is 0.305 e. The lowest BCUT2D eigenvalue weighted by Gasteiger charge is -2.06. The van der Waals surface area contributed by atoms with E-state index in [1.807, 2.05) is 42.6 Å². The molecule has 3 aromatic rings. The second-order valence-corrected chi connectivity index (χ2v) is 4.39. The minimum Gasteiger partial charge on any atom is -0.305 e. The molecular formula is C13H12N2O. The third kappa shape index (κ3) is 1.08. The molecule has 16 heavy (non-hydrogen) atoms. The van der Waals surface area contributed by atoms with Gasteiger partial charge in [0, 0.05) is 17.1 Å². The van der Waals surface area contributed by atoms with Crippen molar-refractivity contribution in [2.45, 2.75) is 19.8 Å². The van der Waals surface area contributed by atoms with Crippen LogP contribution in [0, 0.1) is 0 Å². The van der Waals surface area contributed by atoms with Crippen LogP contribution in [0.5, 0.6) is 0 Å². The molecule has 0 fully saturated rings. The van der Waals surface area contributed by atoms with Gasteiger partial charge in [0.1, 0.15) is 0 Å². The van der Waals surface area contributed by atoms with Crippen molar-refractivity contribution < 1.29 is 0 Å². The zero-order chi connectivity index (χ0) is 11.3. The maximum absolute atomic E-state index is 12.2. The van der Waals surface area contributed by atoms with Gasteiger partial charge < -0.3 is 4.40 Å². The lowest BCUT2D eigenvalue weighted by atomic mass is 10.0. The van der Waals surface area contributed by atoms with Crippen molar-refractivity contribution in [2.24, 2.45) is 0 Å². The molecule has 3 rings (SSSR count). The number of rotatable bonds is 1. The first-order valence-corrected chi connectivity index (χ1v) is 5.40. The van der Waals surface area contributed by atoms with Gasteiger partial charge >= 0.3 is 0 Å². The van der Waals surface area contributed by atoms with Gasteiger partial charge in [0.05, 0.1) is 17.4 Å². The number of pyridine rings is 1. The summed E-state index contributed by atoms with van der Waals surface area (Å²) in [6.07, 6.45) is 3.66. The van der Waals surface area contributed by atoms with Gasteiger partial charge in [0.25, 0.3) is 0 Å². The van der Waals surface area contributed by atoms with Crippen LogP contribution < -0.4 is 5.43 Å². The Labute approximate surface area is 92.7 Å². The first-order valence-electron chi connectivity index (χ1n) is 5.40. The normalized spacial score (nSPS) is 11.9. The minimum atomic E-state index is 0.133. The smallest absolute Gasteiger partial charge is 0.192 e. The average Bonchev–Trinajstić information content (AvgIpc) is 2.67. The van der Waals surface area contributed by atoms with Gasteiger partial charge in [0.15, 0.2) is 5.43 Å². The third-order valence-electron chi connectivity index (χ3n) is 3.00. The molecule has 3 nitrogen and oxygen atoms in total. The fourth-order valence-electron chi connectivity index (χ4n) is 2.15. The quantitative estimate of drug-likeness (QED) is 0.620. The van der Waals surface area contributed by atoms with Gasteiger partial charge in [-0.25, -0.2) is 4.98 Å². The van der Waals surface area contributed by atoms with Crippen LogP contribution in [0.25, 0.3) is 16.4 Å². The standard InChI is InChI=1S/C13H12N2O/c1-8(2)10-6-15-7-14-11-5-3-4-9(12(11)15)13(10)16/h3-8H,1-2H3. The zero-order valence-corrected chi connectivity index (χ0v) is 9.27. The first-order chi connectivity index (χ1) is 7.68. The van der Waals surface area contributed by atoms with E-state index in [4.69, 9.17) is 0 Å². The molecule has 3 heteroatoms. The molecule has 0 atom stereocenters. The average molecular weight is 212 g/mol. The lowest BCUT2D eigenvalue weighted by molar-refractivity contribution is 0.846. The summed E-state index contributed by atoms with van der Waals surface area (Å²) in [5.41, 5.74) is 2.79. The number of hydrogen-bond donors (Lipinski definition) is 0. The van der Waals surface area contributed by atoms with Crippen LogP contribution in [0.2, 0.25) is 0 Å². The van der Waals surface area contributed by atoms with Crippen molar-refractivity contribution in [3.8, 4) is 0 Å². The summed E-state index contributed by atoms with van der Waals surface area (Å²) in [5.74, 6) is 0.235. The molecule has 0 unspecified atom stereocenters. The molecule has 2 heterocycles. The summed E-state index contributed by atoms with van der Waals surface area (Å²) in [7, 11) is 0. The predicted molar refractivity (Wildman–Crippen MR) is 64.2 cm³/mol. The maximum Gasteiger partial charge on any atom is 0.192 e. The summed E-state index contributed by atoms with van der Waals surface area (Å²) < 4.78 is 1.95. The molecule has 0 saturated carbocycles. The Morgan fingerprint density at radius 3 is 2.88 bits per heavy atom. The first kappa shape index (κ1) is 9.33. The van der Waals surface area contributed by atoms with Crippen LogP contribution in [-0.2, 0) is 0 Å². The molecule has 0 radical (unpaired) electrons. The van der Waals surface area contributed by atoms with E-state index < -0.39 is 0 Å². The second-order valence-electron chi connectivity index (χ2n) is 4.39. The Bertz CT molecular complexity index is 712. The Kier molecular flexibility index (Phi) is 1.78. The van der Waals surface area contributed by atoms with Gasteiger partial charge in [-0.2, -0.15) is 0 Å². The summed E-state index contributed by atoms with van der Waals surface area (Å²) in [4.78, 5) is 16.5. The number of benzene rings is 1. The van der Waals surface area contributed by atoms with Gasteiger partial charge in [-0.05, 0) is 18.1 Å². The monoisotopic (exact) mass is 212 g/mol. The van der Waals surface area contributed by atoms with E-state index in [-0.39, 0.29) is 11.3 Å². The highest BCUT2D eigenvalue weighted by atomic mass is 16.1. The molecule has 0 aliphatic carbocycles. The van der Waals surface area contributed by atoms with Crippen LogP contribution in [0.3, 0.4) is 0 Å². The molecule has 0 bridgehead atoms. The SMILES string of the molecule is CC(C)c1cn2cnc3cccc(c1=O)c32. The van der Waals surface area contributed by atoms with Crippen LogP contribution in [0.1, 0.15) is 25.3 Å². The number of nitrogens with zero attached hydrogens (tertiary/aromatic N) is 2. The van der Waals surface area contributed by atoms with Gasteiger partial charge in [-0.1, -0.05) is 19.9 Å². The summed E-state index contributed by atoms with van der Waals surface area (Å²) in [6.45, 7) is 4.07. The number of hydrogen-bond acceptors (Lipinski definition) is 2. The molecule has 0 spiro atoms. The van der Waals surface area contributed by atoms with E-state index in [2.05, 4.69) is 4.98 Å². The highest BCUT2D eigenvalue weighted by Gasteiger charge is 2.12. The highest BCUT2D eigenvalue weighted by molar-refractivity contribution is 5.93. The summed E-state index contributed by atoms with van der Waals surface area (Å²) in [6, 6.07) is 5.69. The van der Waals surface area contributed by atoms with Crippen LogP contribution in [-0.4, -0.2) is 9.38 Å². The maximum atomic E-state index is 12.2. The van der Waals surface area contributed by atoms with E-state index in [0.717, 1.165) is 22.0 Å². The van der Waals surface area contributed by atoms with Gasteiger partial charge in [0.2, 0.25) is 0 Å².